The van der Waals surface area contributed by atoms with Crippen LogP contribution in [0.4, 0.5) is 0 Å². The Kier molecular flexibility index (Phi) is 5.53. The van der Waals surface area contributed by atoms with Crippen molar-refractivity contribution in [2.45, 2.75) is 56.8 Å². The van der Waals surface area contributed by atoms with Crippen molar-refractivity contribution in [3.63, 3.8) is 0 Å². The predicted octanol–water partition coefficient (Wildman–Crippen LogP) is 2.11. The van der Waals surface area contributed by atoms with Gasteiger partial charge in [-0.3, -0.25) is 4.79 Å². The van der Waals surface area contributed by atoms with Crippen molar-refractivity contribution in [1.29, 1.82) is 0 Å². The van der Waals surface area contributed by atoms with Gasteiger partial charge in [0.25, 0.3) is 5.91 Å². The number of carbonyl (C=O) groups is 2. The highest BCUT2D eigenvalue weighted by Gasteiger charge is 2.40. The average Bonchev–Trinajstić information content (AvgIpc) is 3.07. The molecule has 2 fully saturated rings. The lowest BCUT2D eigenvalue weighted by atomic mass is 9.98. The maximum atomic E-state index is 12.8. The zero-order valence-corrected chi connectivity index (χ0v) is 14.4. The highest BCUT2D eigenvalue weighted by Crippen LogP contribution is 2.25. The summed E-state index contributed by atoms with van der Waals surface area (Å²) >= 11 is 0. The van der Waals surface area contributed by atoms with E-state index in [1.165, 1.54) is 24.6 Å². The van der Waals surface area contributed by atoms with Gasteiger partial charge < -0.3 is 19.5 Å². The lowest BCUT2D eigenvalue weighted by Gasteiger charge is -2.23. The molecular weight excluding hydrogens is 324 g/mol. The van der Waals surface area contributed by atoms with Gasteiger partial charge in [-0.15, -0.1) is 0 Å². The number of methoxy groups -OCH3 is 1. The van der Waals surface area contributed by atoms with E-state index in [0.717, 1.165) is 25.7 Å². The van der Waals surface area contributed by atoms with Gasteiger partial charge in [0, 0.05) is 37.9 Å². The molecule has 1 aromatic heterocycles. The van der Waals surface area contributed by atoms with E-state index in [9.17, 15) is 14.7 Å². The van der Waals surface area contributed by atoms with Gasteiger partial charge in [0.2, 0.25) is 5.88 Å². The summed E-state index contributed by atoms with van der Waals surface area (Å²) in [6.07, 6.45) is 7.25. The van der Waals surface area contributed by atoms with E-state index in [4.69, 9.17) is 9.47 Å². The topological polar surface area (TPSA) is 89.0 Å². The molecule has 25 heavy (non-hydrogen) atoms. The van der Waals surface area contributed by atoms with Crippen molar-refractivity contribution in [3.05, 3.63) is 23.9 Å². The van der Waals surface area contributed by atoms with Crippen LogP contribution in [0.5, 0.6) is 5.88 Å². The van der Waals surface area contributed by atoms with Crippen LogP contribution in [0.2, 0.25) is 0 Å². The molecule has 1 aliphatic carbocycles. The van der Waals surface area contributed by atoms with Crippen molar-refractivity contribution < 1.29 is 24.2 Å². The van der Waals surface area contributed by atoms with Gasteiger partial charge in [-0.1, -0.05) is 6.42 Å². The molecule has 2 atom stereocenters. The number of carbonyl (C=O) groups excluding carboxylic acids is 1. The third-order valence-electron chi connectivity index (χ3n) is 4.96. The maximum Gasteiger partial charge on any atom is 0.326 e. The molecular formula is C18H24N2O5. The lowest BCUT2D eigenvalue weighted by molar-refractivity contribution is -0.141. The van der Waals surface area contributed by atoms with Crippen LogP contribution < -0.4 is 4.74 Å². The number of carboxylic acid groups (broad SMARTS) is 1. The van der Waals surface area contributed by atoms with Crippen LogP contribution in [0.15, 0.2) is 18.3 Å². The number of hydrogen-bond donors (Lipinski definition) is 1. The summed E-state index contributed by atoms with van der Waals surface area (Å²) in [5, 5.41) is 9.38. The van der Waals surface area contributed by atoms with E-state index in [2.05, 4.69) is 4.98 Å². The Morgan fingerprint density at radius 3 is 2.68 bits per heavy atom. The SMILES string of the molecule is COC1CC(C(=O)O)N(C(=O)c2ccnc(OC3CCCCC3)c2)C1. The molecule has 1 aliphatic heterocycles. The first-order valence-corrected chi connectivity index (χ1v) is 8.77. The van der Waals surface area contributed by atoms with Gasteiger partial charge in [-0.05, 0) is 31.7 Å². The first kappa shape index (κ1) is 17.7. The number of rotatable bonds is 5. The van der Waals surface area contributed by atoms with Gasteiger partial charge in [0.05, 0.1) is 6.10 Å². The minimum atomic E-state index is -1.01. The summed E-state index contributed by atoms with van der Waals surface area (Å²) in [7, 11) is 1.53. The number of aromatic nitrogens is 1. The molecule has 2 unspecified atom stereocenters. The van der Waals surface area contributed by atoms with Crippen LogP contribution in [0.25, 0.3) is 0 Å². The Labute approximate surface area is 146 Å². The van der Waals surface area contributed by atoms with Crippen LogP contribution in [-0.2, 0) is 9.53 Å². The zero-order valence-electron chi connectivity index (χ0n) is 14.4. The number of nitrogens with zero attached hydrogens (tertiary/aromatic N) is 2. The van der Waals surface area contributed by atoms with Crippen molar-refractivity contribution >= 4 is 11.9 Å². The molecule has 7 nitrogen and oxygen atoms in total. The fourth-order valence-electron chi connectivity index (χ4n) is 3.55. The van der Waals surface area contributed by atoms with Crippen LogP contribution in [0, 0.1) is 0 Å². The van der Waals surface area contributed by atoms with E-state index in [0.29, 0.717) is 17.9 Å². The molecule has 1 saturated carbocycles. The molecule has 0 aromatic carbocycles. The molecule has 1 N–H and O–H groups in total. The van der Waals surface area contributed by atoms with Crippen LogP contribution >= 0.6 is 0 Å². The van der Waals surface area contributed by atoms with E-state index >= 15 is 0 Å². The van der Waals surface area contributed by atoms with Crippen LogP contribution in [0.1, 0.15) is 48.9 Å². The smallest absolute Gasteiger partial charge is 0.326 e. The van der Waals surface area contributed by atoms with Gasteiger partial charge in [0.15, 0.2) is 0 Å². The number of carboxylic acids is 1. The number of aliphatic carboxylic acids is 1. The second kappa shape index (κ2) is 7.82. The minimum absolute atomic E-state index is 0.142. The van der Waals surface area contributed by atoms with Crippen molar-refractivity contribution in [2.75, 3.05) is 13.7 Å². The molecule has 1 aromatic rings. The van der Waals surface area contributed by atoms with Crippen molar-refractivity contribution in [2.24, 2.45) is 0 Å². The third kappa shape index (κ3) is 4.10. The molecule has 0 radical (unpaired) electrons. The van der Waals surface area contributed by atoms with E-state index in [-0.39, 0.29) is 24.7 Å². The lowest BCUT2D eigenvalue weighted by Crippen LogP contribution is -2.40. The number of ether oxygens (including phenoxy) is 2. The second-order valence-corrected chi connectivity index (χ2v) is 6.67. The number of hydrogen-bond acceptors (Lipinski definition) is 5. The summed E-state index contributed by atoms with van der Waals surface area (Å²) in [6, 6.07) is 2.33. The van der Waals surface area contributed by atoms with Crippen LogP contribution in [-0.4, -0.2) is 58.8 Å². The molecule has 1 saturated heterocycles. The largest absolute Gasteiger partial charge is 0.480 e. The molecule has 0 bridgehead atoms. The quantitative estimate of drug-likeness (QED) is 0.877. The maximum absolute atomic E-state index is 12.8. The monoisotopic (exact) mass is 348 g/mol. The van der Waals surface area contributed by atoms with Crippen molar-refractivity contribution in [1.82, 2.24) is 9.88 Å². The average molecular weight is 348 g/mol. The number of pyridine rings is 1. The first-order chi connectivity index (χ1) is 12.1. The zero-order chi connectivity index (χ0) is 17.8. The Balaban J connectivity index is 1.73. The standard InChI is InChI=1S/C18H24N2O5/c1-24-14-10-15(18(22)23)20(11-14)17(21)12-7-8-19-16(9-12)25-13-5-3-2-4-6-13/h7-9,13-15H,2-6,10-11H2,1H3,(H,22,23). The first-order valence-electron chi connectivity index (χ1n) is 8.77. The normalized spacial score (nSPS) is 24.3. The van der Waals surface area contributed by atoms with Gasteiger partial charge >= 0.3 is 5.97 Å². The highest BCUT2D eigenvalue weighted by molar-refractivity contribution is 5.97. The third-order valence-corrected chi connectivity index (χ3v) is 4.96. The van der Waals surface area contributed by atoms with E-state index in [1.807, 2.05) is 0 Å². The van der Waals surface area contributed by atoms with Gasteiger partial charge in [0.1, 0.15) is 12.1 Å². The summed E-state index contributed by atoms with van der Waals surface area (Å²) in [6.45, 7) is 0.271. The molecule has 1 amide bonds. The van der Waals surface area contributed by atoms with Gasteiger partial charge in [-0.25, -0.2) is 9.78 Å². The Morgan fingerprint density at radius 2 is 2.00 bits per heavy atom. The summed E-state index contributed by atoms with van der Waals surface area (Å²) in [5.74, 6) is -0.921. The Bertz CT molecular complexity index is 630. The second-order valence-electron chi connectivity index (χ2n) is 6.67. The van der Waals surface area contributed by atoms with Gasteiger partial charge in [-0.2, -0.15) is 0 Å². The molecule has 2 heterocycles. The van der Waals surface area contributed by atoms with Crippen LogP contribution in [0.3, 0.4) is 0 Å². The molecule has 3 rings (SSSR count). The summed E-state index contributed by atoms with van der Waals surface area (Å²) < 4.78 is 11.1. The fraction of sp³-hybridized carbons (Fsp3) is 0.611. The molecule has 7 heteroatoms. The fourth-order valence-corrected chi connectivity index (χ4v) is 3.55. The van der Waals surface area contributed by atoms with E-state index in [1.54, 1.807) is 12.1 Å². The summed E-state index contributed by atoms with van der Waals surface area (Å²) in [5.41, 5.74) is 0.392. The molecule has 0 spiro atoms. The number of likely N-dealkylation sites (tertiary alicyclic amines) is 1. The Hall–Kier alpha value is -2.15. The van der Waals surface area contributed by atoms with Crippen molar-refractivity contribution in [3.8, 4) is 5.88 Å². The predicted molar refractivity (Wildman–Crippen MR) is 89.6 cm³/mol. The Morgan fingerprint density at radius 1 is 1.24 bits per heavy atom. The summed E-state index contributed by atoms with van der Waals surface area (Å²) in [4.78, 5) is 29.8. The minimum Gasteiger partial charge on any atom is -0.480 e. The highest BCUT2D eigenvalue weighted by atomic mass is 16.5. The molecule has 136 valence electrons. The molecule has 2 aliphatic rings. The van der Waals surface area contributed by atoms with E-state index < -0.39 is 12.0 Å². The number of amides is 1.